The van der Waals surface area contributed by atoms with Crippen LogP contribution in [-0.2, 0) is 16.2 Å². The number of carbonyl (C=O) groups excluding carboxylic acids is 2. The van der Waals surface area contributed by atoms with Crippen molar-refractivity contribution in [2.24, 2.45) is 0 Å². The minimum absolute atomic E-state index is 0.0271. The number of hydrogen-bond donors (Lipinski definition) is 1. The standard InChI is InChI=1S/C23H15Cl3N2O3/c24-18-9-5-4-6-15(18)13-31-21-19(25)11-14(12-20(21)26)10-17-22(29)27-28(23(17)30)16-7-2-1-3-8-16/h1-12H,13H2,(H,27,29)/b17-10-. The normalized spacial score (nSPS) is 14.8. The monoisotopic (exact) mass is 472 g/mol. The zero-order chi connectivity index (χ0) is 22.0. The minimum Gasteiger partial charge on any atom is -0.486 e. The minimum atomic E-state index is -0.514. The molecule has 0 unspecified atom stereocenters. The molecule has 31 heavy (non-hydrogen) atoms. The third-order valence-corrected chi connectivity index (χ3v) is 5.50. The van der Waals surface area contributed by atoms with Gasteiger partial charge in [-0.15, -0.1) is 0 Å². The van der Waals surface area contributed by atoms with Crippen LogP contribution in [0.15, 0.2) is 72.3 Å². The summed E-state index contributed by atoms with van der Waals surface area (Å²) in [6.07, 6.45) is 1.44. The van der Waals surface area contributed by atoms with E-state index in [9.17, 15) is 9.59 Å². The highest BCUT2D eigenvalue weighted by molar-refractivity contribution is 6.37. The van der Waals surface area contributed by atoms with E-state index in [-0.39, 0.29) is 22.2 Å². The first-order chi connectivity index (χ1) is 14.9. The van der Waals surface area contributed by atoms with Crippen molar-refractivity contribution in [3.8, 4) is 5.75 Å². The highest BCUT2D eigenvalue weighted by Gasteiger charge is 2.34. The molecule has 1 heterocycles. The molecule has 1 saturated heterocycles. The molecule has 156 valence electrons. The van der Waals surface area contributed by atoms with Gasteiger partial charge in [0, 0.05) is 10.6 Å². The Morgan fingerprint density at radius 2 is 1.52 bits per heavy atom. The molecule has 1 N–H and O–H groups in total. The Balaban J connectivity index is 1.56. The topological polar surface area (TPSA) is 58.6 Å². The van der Waals surface area contributed by atoms with Crippen LogP contribution >= 0.6 is 34.8 Å². The lowest BCUT2D eigenvalue weighted by Crippen LogP contribution is -2.35. The molecule has 2 amide bonds. The van der Waals surface area contributed by atoms with Crippen molar-refractivity contribution < 1.29 is 14.3 Å². The maximum Gasteiger partial charge on any atom is 0.282 e. The second-order valence-corrected chi connectivity index (χ2v) is 7.89. The lowest BCUT2D eigenvalue weighted by Gasteiger charge is -2.14. The fraction of sp³-hybridized carbons (Fsp3) is 0.0435. The largest absolute Gasteiger partial charge is 0.486 e. The van der Waals surface area contributed by atoms with Crippen LogP contribution in [0.1, 0.15) is 11.1 Å². The second-order valence-electron chi connectivity index (χ2n) is 6.67. The molecule has 0 radical (unpaired) electrons. The fourth-order valence-corrected chi connectivity index (χ4v) is 3.85. The average Bonchev–Trinajstić information content (AvgIpc) is 3.03. The molecule has 8 heteroatoms. The predicted octanol–water partition coefficient (Wildman–Crippen LogP) is 5.69. The number of nitrogens with one attached hydrogen (secondary N) is 1. The molecule has 0 saturated carbocycles. The number of amides is 2. The molecule has 1 fully saturated rings. The van der Waals surface area contributed by atoms with Gasteiger partial charge in [0.05, 0.1) is 15.7 Å². The second kappa shape index (κ2) is 9.02. The molecule has 4 rings (SSSR count). The van der Waals surface area contributed by atoms with Crippen molar-refractivity contribution in [2.75, 3.05) is 5.01 Å². The predicted molar refractivity (Wildman–Crippen MR) is 122 cm³/mol. The molecule has 3 aromatic carbocycles. The summed E-state index contributed by atoms with van der Waals surface area (Å²) in [5, 5.41) is 2.26. The number of benzene rings is 3. The molecule has 0 aromatic heterocycles. The first-order valence-corrected chi connectivity index (χ1v) is 10.3. The molecule has 1 aliphatic heterocycles. The first kappa shape index (κ1) is 21.2. The van der Waals surface area contributed by atoms with Crippen LogP contribution in [0.25, 0.3) is 6.08 Å². The Bertz CT molecular complexity index is 1170. The van der Waals surface area contributed by atoms with Crippen molar-refractivity contribution in [3.63, 3.8) is 0 Å². The number of halogens is 3. The van der Waals surface area contributed by atoms with Crippen molar-refractivity contribution in [3.05, 3.63) is 98.5 Å². The summed E-state index contributed by atoms with van der Waals surface area (Å²) in [6.45, 7) is 0.187. The average molecular weight is 474 g/mol. The Labute approximate surface area is 193 Å². The van der Waals surface area contributed by atoms with Crippen LogP contribution in [0.4, 0.5) is 5.69 Å². The molecule has 5 nitrogen and oxygen atoms in total. The summed E-state index contributed by atoms with van der Waals surface area (Å²) >= 11 is 18.9. The maximum absolute atomic E-state index is 12.7. The summed E-state index contributed by atoms with van der Waals surface area (Å²) < 4.78 is 5.75. The molecule has 0 atom stereocenters. The number of ether oxygens (including phenoxy) is 1. The van der Waals surface area contributed by atoms with Gasteiger partial charge in [-0.3, -0.25) is 15.0 Å². The summed E-state index contributed by atoms with van der Waals surface area (Å²) in [7, 11) is 0. The highest BCUT2D eigenvalue weighted by atomic mass is 35.5. The quantitative estimate of drug-likeness (QED) is 0.383. The Morgan fingerprint density at radius 1 is 0.871 bits per heavy atom. The van der Waals surface area contributed by atoms with E-state index < -0.39 is 11.8 Å². The summed E-state index contributed by atoms with van der Waals surface area (Å²) in [5.41, 5.74) is 4.36. The van der Waals surface area contributed by atoms with Crippen LogP contribution in [0.3, 0.4) is 0 Å². The van der Waals surface area contributed by atoms with Crippen molar-refractivity contribution in [2.45, 2.75) is 6.61 Å². The van der Waals surface area contributed by atoms with Crippen LogP contribution in [-0.4, -0.2) is 11.8 Å². The summed E-state index contributed by atoms with van der Waals surface area (Å²) in [6, 6.07) is 19.3. The van der Waals surface area contributed by atoms with Crippen molar-refractivity contribution in [1.29, 1.82) is 0 Å². The van der Waals surface area contributed by atoms with Crippen molar-refractivity contribution in [1.82, 2.24) is 5.43 Å². The van der Waals surface area contributed by atoms with Crippen LogP contribution in [0.5, 0.6) is 5.75 Å². The van der Waals surface area contributed by atoms with Gasteiger partial charge in [0.2, 0.25) is 0 Å². The molecule has 3 aromatic rings. The van der Waals surface area contributed by atoms with Gasteiger partial charge in [-0.2, -0.15) is 0 Å². The van der Waals surface area contributed by atoms with Gasteiger partial charge in [-0.25, -0.2) is 5.01 Å². The van der Waals surface area contributed by atoms with Gasteiger partial charge in [0.25, 0.3) is 11.8 Å². The molecule has 0 aliphatic carbocycles. The van der Waals surface area contributed by atoms with Gasteiger partial charge in [0.15, 0.2) is 5.75 Å². The van der Waals surface area contributed by atoms with Gasteiger partial charge in [0.1, 0.15) is 12.2 Å². The smallest absolute Gasteiger partial charge is 0.282 e. The van der Waals surface area contributed by atoms with E-state index in [1.54, 1.807) is 42.5 Å². The third-order valence-electron chi connectivity index (χ3n) is 4.57. The number of carbonyl (C=O) groups is 2. The van der Waals surface area contributed by atoms with Crippen LogP contribution in [0.2, 0.25) is 15.1 Å². The number of para-hydroxylation sites is 1. The molecule has 0 spiro atoms. The Morgan fingerprint density at radius 3 is 2.19 bits per heavy atom. The molecular formula is C23H15Cl3N2O3. The van der Waals surface area contributed by atoms with E-state index in [2.05, 4.69) is 5.43 Å². The summed E-state index contributed by atoms with van der Waals surface area (Å²) in [4.78, 5) is 25.1. The number of hydrogen-bond acceptors (Lipinski definition) is 3. The lowest BCUT2D eigenvalue weighted by atomic mass is 10.1. The summed E-state index contributed by atoms with van der Waals surface area (Å²) in [5.74, 6) is -0.693. The van der Waals surface area contributed by atoms with E-state index in [1.807, 2.05) is 24.3 Å². The highest BCUT2D eigenvalue weighted by Crippen LogP contribution is 2.36. The third kappa shape index (κ3) is 4.54. The van der Waals surface area contributed by atoms with E-state index in [0.717, 1.165) is 5.56 Å². The molecular weight excluding hydrogens is 459 g/mol. The van der Waals surface area contributed by atoms with E-state index in [0.29, 0.717) is 22.0 Å². The van der Waals surface area contributed by atoms with E-state index >= 15 is 0 Å². The van der Waals surface area contributed by atoms with Gasteiger partial charge >= 0.3 is 0 Å². The zero-order valence-electron chi connectivity index (χ0n) is 15.9. The molecule has 1 aliphatic rings. The van der Waals surface area contributed by atoms with Gasteiger partial charge in [-0.05, 0) is 42.0 Å². The first-order valence-electron chi connectivity index (χ1n) is 9.21. The number of anilines is 1. The fourth-order valence-electron chi connectivity index (χ4n) is 3.05. The van der Waals surface area contributed by atoms with Gasteiger partial charge in [-0.1, -0.05) is 71.2 Å². The SMILES string of the molecule is O=C1NN(c2ccccc2)C(=O)/C1=C\c1cc(Cl)c(OCc2ccccc2Cl)c(Cl)c1. The number of hydrazine groups is 1. The van der Waals surface area contributed by atoms with E-state index in [4.69, 9.17) is 39.5 Å². The zero-order valence-corrected chi connectivity index (χ0v) is 18.2. The van der Waals surface area contributed by atoms with Crippen LogP contribution < -0.4 is 15.2 Å². The maximum atomic E-state index is 12.7. The number of nitrogens with zero attached hydrogens (tertiary/aromatic N) is 1. The molecule has 0 bridgehead atoms. The lowest BCUT2D eigenvalue weighted by molar-refractivity contribution is -0.117. The van der Waals surface area contributed by atoms with Crippen molar-refractivity contribution >= 4 is 58.4 Å². The van der Waals surface area contributed by atoms with Crippen LogP contribution in [0, 0.1) is 0 Å². The van der Waals surface area contributed by atoms with E-state index in [1.165, 1.54) is 11.1 Å². The Hall–Kier alpha value is -2.99. The Kier molecular flexibility index (Phi) is 6.18. The van der Waals surface area contributed by atoms with Gasteiger partial charge < -0.3 is 4.74 Å². The number of rotatable bonds is 5.